The number of thiophene rings is 1. The van der Waals surface area contributed by atoms with Crippen molar-refractivity contribution in [3.8, 4) is 5.75 Å². The van der Waals surface area contributed by atoms with Crippen LogP contribution >= 0.6 is 11.3 Å². The number of rotatable bonds is 5. The number of anilines is 1. The Hall–Kier alpha value is -2.94. The summed E-state index contributed by atoms with van der Waals surface area (Å²) in [5.41, 5.74) is 0.737. The van der Waals surface area contributed by atoms with Crippen molar-refractivity contribution in [2.75, 3.05) is 12.4 Å². The molecule has 0 fully saturated rings. The van der Waals surface area contributed by atoms with Crippen molar-refractivity contribution in [2.24, 2.45) is 0 Å². The standard InChI is InChI=1S/C14H12N4O4S/c1-15-11-5-4-10(23-11)14(21)22-9-3-2-8(6-12(19)20)18-13(9)16-7-17-18/h2-5,7,15H,6H2,1H3,(H,19,20). The molecule has 0 atom stereocenters. The van der Waals surface area contributed by atoms with E-state index in [0.29, 0.717) is 16.2 Å². The maximum Gasteiger partial charge on any atom is 0.353 e. The van der Waals surface area contributed by atoms with E-state index in [1.54, 1.807) is 25.2 Å². The minimum absolute atomic E-state index is 0.204. The Morgan fingerprint density at radius 2 is 2.17 bits per heavy atom. The molecule has 0 aliphatic rings. The second kappa shape index (κ2) is 6.05. The van der Waals surface area contributed by atoms with Gasteiger partial charge in [0.2, 0.25) is 0 Å². The average Bonchev–Trinajstić information content (AvgIpc) is 3.17. The Morgan fingerprint density at radius 3 is 2.87 bits per heavy atom. The third kappa shape index (κ3) is 2.99. The molecular weight excluding hydrogens is 320 g/mol. The van der Waals surface area contributed by atoms with E-state index in [-0.39, 0.29) is 12.2 Å². The molecule has 0 aliphatic carbocycles. The number of aromatic nitrogens is 3. The van der Waals surface area contributed by atoms with E-state index in [9.17, 15) is 9.59 Å². The van der Waals surface area contributed by atoms with Crippen LogP contribution in [0.25, 0.3) is 5.65 Å². The number of ether oxygens (including phenoxy) is 1. The zero-order valence-corrected chi connectivity index (χ0v) is 12.8. The quantitative estimate of drug-likeness (QED) is 0.685. The second-order valence-electron chi connectivity index (χ2n) is 4.56. The first-order valence-electron chi connectivity index (χ1n) is 6.61. The first-order valence-corrected chi connectivity index (χ1v) is 7.43. The van der Waals surface area contributed by atoms with Crippen LogP contribution in [0, 0.1) is 0 Å². The molecule has 118 valence electrons. The molecule has 3 rings (SSSR count). The lowest BCUT2D eigenvalue weighted by molar-refractivity contribution is -0.136. The Bertz CT molecular complexity index is 886. The first kappa shape index (κ1) is 15.0. The number of nitrogens with zero attached hydrogens (tertiary/aromatic N) is 3. The van der Waals surface area contributed by atoms with Crippen molar-refractivity contribution >= 4 is 33.9 Å². The summed E-state index contributed by atoms with van der Waals surface area (Å²) in [6.45, 7) is 0. The van der Waals surface area contributed by atoms with Gasteiger partial charge in [-0.2, -0.15) is 5.10 Å². The zero-order chi connectivity index (χ0) is 16.4. The summed E-state index contributed by atoms with van der Waals surface area (Å²) in [7, 11) is 1.77. The number of nitrogens with one attached hydrogen (secondary N) is 1. The lowest BCUT2D eigenvalue weighted by atomic mass is 10.2. The SMILES string of the molecule is CNc1ccc(C(=O)Oc2ccc(CC(=O)O)n3ncnc23)s1. The topological polar surface area (TPSA) is 106 Å². The van der Waals surface area contributed by atoms with Crippen molar-refractivity contribution in [3.05, 3.63) is 41.2 Å². The van der Waals surface area contributed by atoms with Gasteiger partial charge in [-0.3, -0.25) is 4.79 Å². The fourth-order valence-corrected chi connectivity index (χ4v) is 2.77. The Labute approximate surface area is 134 Å². The predicted octanol–water partition coefficient (Wildman–Crippen LogP) is 1.68. The highest BCUT2D eigenvalue weighted by molar-refractivity contribution is 7.17. The van der Waals surface area contributed by atoms with Gasteiger partial charge in [0.05, 0.1) is 17.1 Å². The monoisotopic (exact) mass is 332 g/mol. The lowest BCUT2D eigenvalue weighted by Gasteiger charge is -2.06. The van der Waals surface area contributed by atoms with Crippen molar-refractivity contribution in [3.63, 3.8) is 0 Å². The van der Waals surface area contributed by atoms with Gasteiger partial charge in [0.25, 0.3) is 0 Å². The highest BCUT2D eigenvalue weighted by atomic mass is 32.1. The molecule has 23 heavy (non-hydrogen) atoms. The molecule has 3 aromatic rings. The maximum atomic E-state index is 12.2. The molecule has 9 heteroatoms. The maximum absolute atomic E-state index is 12.2. The highest BCUT2D eigenvalue weighted by Crippen LogP contribution is 2.25. The number of hydrogen-bond acceptors (Lipinski definition) is 7. The average molecular weight is 332 g/mol. The number of carbonyl (C=O) groups is 2. The number of carbonyl (C=O) groups excluding carboxylic acids is 1. The predicted molar refractivity (Wildman–Crippen MR) is 83.2 cm³/mol. The summed E-state index contributed by atoms with van der Waals surface area (Å²) in [5, 5.41) is 16.7. The third-order valence-electron chi connectivity index (χ3n) is 3.06. The van der Waals surface area contributed by atoms with Crippen LogP contribution in [0.1, 0.15) is 15.4 Å². The first-order chi connectivity index (χ1) is 11.1. The summed E-state index contributed by atoms with van der Waals surface area (Å²) in [4.78, 5) is 27.5. The summed E-state index contributed by atoms with van der Waals surface area (Å²) >= 11 is 1.27. The van der Waals surface area contributed by atoms with Crippen LogP contribution in [0.2, 0.25) is 0 Å². The molecular formula is C14H12N4O4S. The molecule has 0 radical (unpaired) electrons. The van der Waals surface area contributed by atoms with Gasteiger partial charge < -0.3 is 15.2 Å². The molecule has 3 aromatic heterocycles. The summed E-state index contributed by atoms with van der Waals surface area (Å²) in [6.07, 6.45) is 1.08. The van der Waals surface area contributed by atoms with Crippen LogP contribution in [-0.4, -0.2) is 38.7 Å². The minimum Gasteiger partial charge on any atom is -0.481 e. The highest BCUT2D eigenvalue weighted by Gasteiger charge is 2.16. The third-order valence-corrected chi connectivity index (χ3v) is 4.14. The van der Waals surface area contributed by atoms with Gasteiger partial charge in [-0.05, 0) is 24.3 Å². The largest absolute Gasteiger partial charge is 0.481 e. The lowest BCUT2D eigenvalue weighted by Crippen LogP contribution is -2.10. The second-order valence-corrected chi connectivity index (χ2v) is 5.64. The van der Waals surface area contributed by atoms with Gasteiger partial charge >= 0.3 is 11.9 Å². The Morgan fingerprint density at radius 1 is 1.35 bits per heavy atom. The molecule has 0 unspecified atom stereocenters. The van der Waals surface area contributed by atoms with Gasteiger partial charge in [0.15, 0.2) is 11.4 Å². The molecule has 0 bridgehead atoms. The summed E-state index contributed by atoms with van der Waals surface area (Å²) in [6, 6.07) is 6.52. The fraction of sp³-hybridized carbons (Fsp3) is 0.143. The van der Waals surface area contributed by atoms with Crippen LogP contribution in [0.15, 0.2) is 30.6 Å². The molecule has 0 amide bonds. The van der Waals surface area contributed by atoms with Gasteiger partial charge in [-0.25, -0.2) is 14.3 Å². The molecule has 0 saturated heterocycles. The Balaban J connectivity index is 1.90. The normalized spacial score (nSPS) is 10.7. The van der Waals surface area contributed by atoms with Crippen LogP contribution in [-0.2, 0) is 11.2 Å². The summed E-state index contributed by atoms with van der Waals surface area (Å²) in [5.74, 6) is -1.27. The smallest absolute Gasteiger partial charge is 0.353 e. The van der Waals surface area contributed by atoms with Gasteiger partial charge in [-0.1, -0.05) is 0 Å². The molecule has 0 aromatic carbocycles. The van der Waals surface area contributed by atoms with Crippen LogP contribution in [0.5, 0.6) is 5.75 Å². The van der Waals surface area contributed by atoms with E-state index in [1.807, 2.05) is 0 Å². The minimum atomic E-state index is -0.982. The molecule has 0 spiro atoms. The van der Waals surface area contributed by atoms with E-state index in [4.69, 9.17) is 9.84 Å². The molecule has 0 saturated carbocycles. The van der Waals surface area contributed by atoms with Crippen molar-refractivity contribution < 1.29 is 19.4 Å². The number of pyridine rings is 1. The van der Waals surface area contributed by atoms with E-state index in [1.165, 1.54) is 28.2 Å². The number of carboxylic acids is 1. The Kier molecular flexibility index (Phi) is 3.94. The number of aliphatic carboxylic acids is 1. The van der Waals surface area contributed by atoms with Crippen molar-refractivity contribution in [1.29, 1.82) is 0 Å². The van der Waals surface area contributed by atoms with E-state index < -0.39 is 11.9 Å². The van der Waals surface area contributed by atoms with Gasteiger partial charge in [0, 0.05) is 7.05 Å². The number of hydrogen-bond donors (Lipinski definition) is 2. The fourth-order valence-electron chi connectivity index (χ4n) is 2.04. The number of carboxylic acid groups (broad SMARTS) is 1. The van der Waals surface area contributed by atoms with Gasteiger partial charge in [0.1, 0.15) is 11.2 Å². The van der Waals surface area contributed by atoms with Crippen molar-refractivity contribution in [1.82, 2.24) is 14.6 Å². The van der Waals surface area contributed by atoms with Crippen LogP contribution in [0.3, 0.4) is 0 Å². The molecule has 2 N–H and O–H groups in total. The van der Waals surface area contributed by atoms with E-state index >= 15 is 0 Å². The molecule has 3 heterocycles. The zero-order valence-electron chi connectivity index (χ0n) is 12.0. The number of fused-ring (bicyclic) bond motifs is 1. The van der Waals surface area contributed by atoms with Crippen LogP contribution in [0.4, 0.5) is 5.00 Å². The number of esters is 1. The molecule has 8 nitrogen and oxygen atoms in total. The van der Waals surface area contributed by atoms with Crippen molar-refractivity contribution in [2.45, 2.75) is 6.42 Å². The van der Waals surface area contributed by atoms with E-state index in [2.05, 4.69) is 15.4 Å². The van der Waals surface area contributed by atoms with Gasteiger partial charge in [-0.15, -0.1) is 11.3 Å². The molecule has 0 aliphatic heterocycles. The van der Waals surface area contributed by atoms with E-state index in [0.717, 1.165) is 5.00 Å². The van der Waals surface area contributed by atoms with Crippen LogP contribution < -0.4 is 10.1 Å². The summed E-state index contributed by atoms with van der Waals surface area (Å²) < 4.78 is 6.71.